The largest absolute Gasteiger partial charge is 0.465 e. The highest BCUT2D eigenvalue weighted by molar-refractivity contribution is 5.65. The first kappa shape index (κ1) is 17.7. The van der Waals surface area contributed by atoms with E-state index in [2.05, 4.69) is 0 Å². The molecule has 128 valence electrons. The number of carbonyl (C=O) groups is 1. The van der Waals surface area contributed by atoms with Gasteiger partial charge in [0.25, 0.3) is 0 Å². The molecule has 23 heavy (non-hydrogen) atoms. The number of nitrogens with zero attached hydrogens (tertiary/aromatic N) is 1. The summed E-state index contributed by atoms with van der Waals surface area (Å²) in [4.78, 5) is 13.0. The van der Waals surface area contributed by atoms with Crippen LogP contribution in [0.3, 0.4) is 0 Å². The maximum absolute atomic E-state index is 13.8. The smallest absolute Gasteiger partial charge is 0.407 e. The van der Waals surface area contributed by atoms with E-state index in [1.165, 1.54) is 11.0 Å². The summed E-state index contributed by atoms with van der Waals surface area (Å²) in [7, 11) is 0. The molecule has 0 saturated heterocycles. The first-order valence-corrected chi connectivity index (χ1v) is 8.40. The normalized spacial score (nSPS) is 24.4. The lowest BCUT2D eigenvalue weighted by Crippen LogP contribution is -2.49. The van der Waals surface area contributed by atoms with Gasteiger partial charge in [-0.1, -0.05) is 31.5 Å². The molecule has 2 atom stereocenters. The van der Waals surface area contributed by atoms with Crippen LogP contribution in [0.5, 0.6) is 0 Å². The van der Waals surface area contributed by atoms with Gasteiger partial charge in [0.1, 0.15) is 5.82 Å². The van der Waals surface area contributed by atoms with E-state index < -0.39 is 11.7 Å². The average Bonchev–Trinajstić information content (AvgIpc) is 2.50. The van der Waals surface area contributed by atoms with E-state index in [4.69, 9.17) is 0 Å². The molecule has 0 aromatic heterocycles. The number of carboxylic acid groups (broad SMARTS) is 1. The SMILES string of the molecule is CCCCN(C(=O)O)C1CCCC(O)(Cc2ccccc2F)C1. The number of amides is 1. The molecule has 1 aliphatic carbocycles. The van der Waals surface area contributed by atoms with Gasteiger partial charge in [0.05, 0.1) is 5.60 Å². The number of aliphatic hydroxyl groups is 1. The van der Waals surface area contributed by atoms with Crippen LogP contribution in [0.4, 0.5) is 9.18 Å². The van der Waals surface area contributed by atoms with Gasteiger partial charge in [-0.25, -0.2) is 9.18 Å². The van der Waals surface area contributed by atoms with Crippen molar-refractivity contribution in [2.75, 3.05) is 6.54 Å². The lowest BCUT2D eigenvalue weighted by molar-refractivity contribution is -0.0274. The van der Waals surface area contributed by atoms with E-state index >= 15 is 0 Å². The molecule has 0 radical (unpaired) electrons. The maximum Gasteiger partial charge on any atom is 0.407 e. The Kier molecular flexibility index (Phi) is 5.99. The van der Waals surface area contributed by atoms with Gasteiger partial charge in [-0.15, -0.1) is 0 Å². The van der Waals surface area contributed by atoms with Crippen LogP contribution in [0, 0.1) is 5.82 Å². The van der Waals surface area contributed by atoms with Gasteiger partial charge in [-0.2, -0.15) is 0 Å². The zero-order chi connectivity index (χ0) is 16.9. The Morgan fingerprint density at radius 3 is 2.83 bits per heavy atom. The van der Waals surface area contributed by atoms with Crippen LogP contribution in [0.1, 0.15) is 51.0 Å². The van der Waals surface area contributed by atoms with E-state index in [-0.39, 0.29) is 18.3 Å². The van der Waals surface area contributed by atoms with Crippen molar-refractivity contribution in [3.63, 3.8) is 0 Å². The first-order valence-electron chi connectivity index (χ1n) is 8.40. The second-order valence-electron chi connectivity index (χ2n) is 6.57. The molecule has 2 rings (SSSR count). The molecule has 1 aliphatic rings. The molecule has 1 aromatic carbocycles. The van der Waals surface area contributed by atoms with E-state index in [0.29, 0.717) is 24.9 Å². The zero-order valence-corrected chi connectivity index (χ0v) is 13.7. The number of hydrogen-bond donors (Lipinski definition) is 2. The predicted molar refractivity (Wildman–Crippen MR) is 86.9 cm³/mol. The third-order valence-corrected chi connectivity index (χ3v) is 4.71. The van der Waals surface area contributed by atoms with Crippen molar-refractivity contribution in [3.8, 4) is 0 Å². The topological polar surface area (TPSA) is 60.8 Å². The predicted octanol–water partition coefficient (Wildman–Crippen LogP) is 3.82. The Balaban J connectivity index is 2.09. The van der Waals surface area contributed by atoms with Crippen molar-refractivity contribution in [2.45, 2.75) is 63.5 Å². The third kappa shape index (κ3) is 4.67. The van der Waals surface area contributed by atoms with E-state index in [1.807, 2.05) is 6.92 Å². The van der Waals surface area contributed by atoms with Crippen molar-refractivity contribution < 1.29 is 19.4 Å². The van der Waals surface area contributed by atoms with Crippen LogP contribution in [0.15, 0.2) is 24.3 Å². The minimum absolute atomic E-state index is 0.190. The van der Waals surface area contributed by atoms with Gasteiger partial charge in [0.15, 0.2) is 0 Å². The summed E-state index contributed by atoms with van der Waals surface area (Å²) >= 11 is 0. The van der Waals surface area contributed by atoms with E-state index in [0.717, 1.165) is 25.7 Å². The molecule has 5 heteroatoms. The van der Waals surface area contributed by atoms with Crippen molar-refractivity contribution in [1.82, 2.24) is 4.90 Å². The summed E-state index contributed by atoms with van der Waals surface area (Å²) in [6.07, 6.45) is 3.51. The van der Waals surface area contributed by atoms with Crippen molar-refractivity contribution in [3.05, 3.63) is 35.6 Å². The summed E-state index contributed by atoms with van der Waals surface area (Å²) in [6, 6.07) is 6.27. The van der Waals surface area contributed by atoms with Gasteiger partial charge in [-0.3, -0.25) is 0 Å². The lowest BCUT2D eigenvalue weighted by Gasteiger charge is -2.41. The third-order valence-electron chi connectivity index (χ3n) is 4.71. The minimum Gasteiger partial charge on any atom is -0.465 e. The fraction of sp³-hybridized carbons (Fsp3) is 0.611. The maximum atomic E-state index is 13.8. The molecule has 2 N–H and O–H groups in total. The summed E-state index contributed by atoms with van der Waals surface area (Å²) in [5.41, 5.74) is -0.545. The number of halogens is 1. The standard InChI is InChI=1S/C18H26FNO3/c1-2-3-11-20(17(21)22)15-8-6-10-18(23,13-15)12-14-7-4-5-9-16(14)19/h4-5,7,9,15,23H,2-3,6,8,10-13H2,1H3,(H,21,22). The zero-order valence-electron chi connectivity index (χ0n) is 13.7. The Morgan fingerprint density at radius 1 is 1.43 bits per heavy atom. The molecule has 1 amide bonds. The second kappa shape index (κ2) is 7.77. The number of benzene rings is 1. The fourth-order valence-electron chi connectivity index (χ4n) is 3.50. The summed E-state index contributed by atoms with van der Waals surface area (Å²) in [6.45, 7) is 2.52. The highest BCUT2D eigenvalue weighted by Gasteiger charge is 2.38. The van der Waals surface area contributed by atoms with Crippen molar-refractivity contribution in [1.29, 1.82) is 0 Å². The van der Waals surface area contributed by atoms with Crippen LogP contribution in [-0.4, -0.2) is 39.4 Å². The summed E-state index contributed by atoms with van der Waals surface area (Å²) in [5.74, 6) is -0.316. The van der Waals surface area contributed by atoms with Crippen LogP contribution >= 0.6 is 0 Å². The summed E-state index contributed by atoms with van der Waals surface area (Å²) in [5, 5.41) is 20.3. The van der Waals surface area contributed by atoms with E-state index in [1.54, 1.807) is 18.2 Å². The molecule has 0 heterocycles. The van der Waals surface area contributed by atoms with Crippen LogP contribution in [-0.2, 0) is 6.42 Å². The Morgan fingerprint density at radius 2 is 2.17 bits per heavy atom. The van der Waals surface area contributed by atoms with Crippen LogP contribution < -0.4 is 0 Å². The molecule has 1 aromatic rings. The van der Waals surface area contributed by atoms with Crippen molar-refractivity contribution >= 4 is 6.09 Å². The molecule has 4 nitrogen and oxygen atoms in total. The van der Waals surface area contributed by atoms with E-state index in [9.17, 15) is 19.4 Å². The lowest BCUT2D eigenvalue weighted by atomic mass is 9.77. The van der Waals surface area contributed by atoms with Gasteiger partial charge >= 0.3 is 6.09 Å². The number of hydrogen-bond acceptors (Lipinski definition) is 2. The van der Waals surface area contributed by atoms with Crippen molar-refractivity contribution in [2.24, 2.45) is 0 Å². The Bertz CT molecular complexity index is 537. The highest BCUT2D eigenvalue weighted by Crippen LogP contribution is 2.34. The molecule has 1 fully saturated rings. The number of unbranched alkanes of at least 4 members (excludes halogenated alkanes) is 1. The highest BCUT2D eigenvalue weighted by atomic mass is 19.1. The molecule has 0 aliphatic heterocycles. The Hall–Kier alpha value is -1.62. The molecule has 2 unspecified atom stereocenters. The molecule has 0 bridgehead atoms. The van der Waals surface area contributed by atoms with Crippen LogP contribution in [0.25, 0.3) is 0 Å². The van der Waals surface area contributed by atoms with Gasteiger partial charge < -0.3 is 15.1 Å². The van der Waals surface area contributed by atoms with Gasteiger partial charge in [0, 0.05) is 19.0 Å². The fourth-order valence-corrected chi connectivity index (χ4v) is 3.50. The number of rotatable bonds is 6. The average molecular weight is 323 g/mol. The minimum atomic E-state index is -1.04. The van der Waals surface area contributed by atoms with Gasteiger partial charge in [0.2, 0.25) is 0 Å². The molecule has 0 spiro atoms. The quantitative estimate of drug-likeness (QED) is 0.836. The second-order valence-corrected chi connectivity index (χ2v) is 6.57. The monoisotopic (exact) mass is 323 g/mol. The first-order chi connectivity index (χ1) is 10.9. The molecule has 1 saturated carbocycles. The van der Waals surface area contributed by atoms with Crippen LogP contribution in [0.2, 0.25) is 0 Å². The van der Waals surface area contributed by atoms with Gasteiger partial charge in [-0.05, 0) is 43.7 Å². The molecular formula is C18H26FNO3. The molecular weight excluding hydrogens is 297 g/mol. The summed E-state index contributed by atoms with van der Waals surface area (Å²) < 4.78 is 13.8. The Labute approximate surface area is 136 Å².